The van der Waals surface area contributed by atoms with Crippen molar-refractivity contribution < 1.29 is 27.5 Å². The van der Waals surface area contributed by atoms with E-state index >= 15 is 0 Å². The second-order valence-corrected chi connectivity index (χ2v) is 6.90. The summed E-state index contributed by atoms with van der Waals surface area (Å²) in [6, 6.07) is 7.71. The first-order chi connectivity index (χ1) is 12.0. The van der Waals surface area contributed by atoms with Crippen molar-refractivity contribution in [3.63, 3.8) is 0 Å². The van der Waals surface area contributed by atoms with Gasteiger partial charge in [-0.05, 0) is 29.5 Å². The first-order valence-corrected chi connectivity index (χ1v) is 8.31. The summed E-state index contributed by atoms with van der Waals surface area (Å²) < 4.78 is 41.3. The summed E-state index contributed by atoms with van der Waals surface area (Å²) in [5.41, 5.74) is 1.25. The second-order valence-electron chi connectivity index (χ2n) is 6.90. The lowest BCUT2D eigenvalue weighted by Gasteiger charge is -2.19. The fourth-order valence-electron chi connectivity index (χ4n) is 2.00. The molecule has 0 aliphatic rings. The number of rotatable bonds is 8. The molecule has 0 unspecified atom stereocenters. The summed E-state index contributed by atoms with van der Waals surface area (Å²) in [6.07, 6.45) is -3.92. The molecule has 1 aromatic carbocycles. The van der Waals surface area contributed by atoms with Crippen molar-refractivity contribution in [2.75, 3.05) is 19.7 Å². The highest BCUT2D eigenvalue weighted by Gasteiger charge is 2.27. The lowest BCUT2D eigenvalue weighted by atomic mass is 9.87. The molecule has 2 N–H and O–H groups in total. The molecule has 0 fully saturated rings. The van der Waals surface area contributed by atoms with Crippen molar-refractivity contribution in [1.82, 2.24) is 10.6 Å². The van der Waals surface area contributed by atoms with Crippen molar-refractivity contribution in [2.24, 2.45) is 0 Å². The molecule has 0 aliphatic heterocycles. The first kappa shape index (κ1) is 21.8. The summed E-state index contributed by atoms with van der Waals surface area (Å²) in [5, 5.41) is 3.95. The molecule has 0 heterocycles. The third-order valence-corrected chi connectivity index (χ3v) is 3.47. The Kier molecular flexibility index (Phi) is 7.92. The Balaban J connectivity index is 2.19. The van der Waals surface area contributed by atoms with Gasteiger partial charge in [-0.25, -0.2) is 0 Å². The minimum atomic E-state index is -4.47. The van der Waals surface area contributed by atoms with Crippen molar-refractivity contribution in [1.29, 1.82) is 0 Å². The molecule has 5 nitrogen and oxygen atoms in total. The number of nitrogens with one attached hydrogen (secondary N) is 2. The molecule has 0 spiro atoms. The number of benzene rings is 1. The zero-order chi connectivity index (χ0) is 19.8. The smallest absolute Gasteiger partial charge is 0.405 e. The zero-order valence-electron chi connectivity index (χ0n) is 15.2. The Morgan fingerprint density at radius 3 is 2.15 bits per heavy atom. The number of hydrogen-bond acceptors (Lipinski definition) is 3. The van der Waals surface area contributed by atoms with Gasteiger partial charge >= 0.3 is 6.18 Å². The van der Waals surface area contributed by atoms with Crippen molar-refractivity contribution in [3.05, 3.63) is 29.8 Å². The Bertz CT molecular complexity index is 593. The summed E-state index contributed by atoms with van der Waals surface area (Å²) in [4.78, 5) is 22.7. The number of carbonyl (C=O) groups excluding carboxylic acids is 2. The van der Waals surface area contributed by atoms with Crippen molar-refractivity contribution >= 4 is 11.8 Å². The molecular weight excluding hydrogens is 349 g/mol. The Labute approximate surface area is 151 Å². The van der Waals surface area contributed by atoms with Gasteiger partial charge in [0.1, 0.15) is 12.3 Å². The fraction of sp³-hybridized carbons (Fsp3) is 0.556. The van der Waals surface area contributed by atoms with E-state index in [0.29, 0.717) is 18.8 Å². The van der Waals surface area contributed by atoms with Gasteiger partial charge in [0.15, 0.2) is 0 Å². The first-order valence-electron chi connectivity index (χ1n) is 8.31. The van der Waals surface area contributed by atoms with Crippen molar-refractivity contribution in [2.45, 2.75) is 45.2 Å². The number of hydrogen-bond donors (Lipinski definition) is 2. The Hall–Kier alpha value is -2.25. The quantitative estimate of drug-likeness (QED) is 0.688. The lowest BCUT2D eigenvalue weighted by molar-refractivity contribution is -0.138. The van der Waals surface area contributed by atoms with Crippen LogP contribution in [0.5, 0.6) is 5.75 Å². The van der Waals surface area contributed by atoms with E-state index < -0.39 is 31.1 Å². The van der Waals surface area contributed by atoms with E-state index in [-0.39, 0.29) is 11.8 Å². The molecule has 146 valence electrons. The minimum Gasteiger partial charge on any atom is -0.494 e. The highest BCUT2D eigenvalue weighted by molar-refractivity contribution is 5.84. The highest BCUT2D eigenvalue weighted by atomic mass is 19.4. The normalized spacial score (nSPS) is 11.8. The maximum absolute atomic E-state index is 11.9. The average Bonchev–Trinajstić information content (AvgIpc) is 2.54. The monoisotopic (exact) mass is 374 g/mol. The molecule has 0 saturated heterocycles. The van der Waals surface area contributed by atoms with Gasteiger partial charge < -0.3 is 15.4 Å². The van der Waals surface area contributed by atoms with Crippen LogP contribution in [0.1, 0.15) is 39.2 Å². The van der Waals surface area contributed by atoms with Gasteiger partial charge in [0.25, 0.3) is 0 Å². The number of ether oxygens (including phenoxy) is 1. The fourth-order valence-corrected chi connectivity index (χ4v) is 2.00. The van der Waals surface area contributed by atoms with Gasteiger partial charge in [-0.1, -0.05) is 32.9 Å². The van der Waals surface area contributed by atoms with Crippen LogP contribution in [0.15, 0.2) is 24.3 Å². The molecule has 0 aromatic heterocycles. The maximum Gasteiger partial charge on any atom is 0.405 e. The van der Waals surface area contributed by atoms with Crippen LogP contribution in [0.2, 0.25) is 0 Å². The zero-order valence-corrected chi connectivity index (χ0v) is 15.2. The van der Waals surface area contributed by atoms with E-state index in [1.54, 1.807) is 5.32 Å². The van der Waals surface area contributed by atoms with Crippen LogP contribution in [-0.2, 0) is 15.0 Å². The molecule has 26 heavy (non-hydrogen) atoms. The van der Waals surface area contributed by atoms with Crippen LogP contribution in [0.3, 0.4) is 0 Å². The van der Waals surface area contributed by atoms with E-state index in [1.807, 2.05) is 24.3 Å². The Morgan fingerprint density at radius 2 is 1.62 bits per heavy atom. The average molecular weight is 374 g/mol. The van der Waals surface area contributed by atoms with Gasteiger partial charge in [-0.3, -0.25) is 9.59 Å². The van der Waals surface area contributed by atoms with Gasteiger partial charge in [0, 0.05) is 6.42 Å². The van der Waals surface area contributed by atoms with E-state index in [2.05, 4.69) is 26.1 Å². The van der Waals surface area contributed by atoms with Gasteiger partial charge in [-0.15, -0.1) is 0 Å². The number of halogens is 3. The molecule has 0 saturated carbocycles. The van der Waals surface area contributed by atoms with Crippen LogP contribution < -0.4 is 15.4 Å². The van der Waals surface area contributed by atoms with Crippen molar-refractivity contribution in [3.8, 4) is 5.75 Å². The van der Waals surface area contributed by atoms with Crippen LogP contribution >= 0.6 is 0 Å². The predicted octanol–water partition coefficient (Wildman–Crippen LogP) is 2.94. The number of alkyl halides is 3. The van der Waals surface area contributed by atoms with Gasteiger partial charge in [0.2, 0.25) is 11.8 Å². The molecule has 8 heteroatoms. The largest absolute Gasteiger partial charge is 0.494 e. The standard InChI is InChI=1S/C18H25F3N2O3/c1-17(2,3)13-6-8-14(9-7-13)26-10-4-5-15(24)22-11-16(25)23-12-18(19,20)21/h6-9H,4-5,10-12H2,1-3H3,(H,22,24)(H,23,25). The third kappa shape index (κ3) is 9.29. The van der Waals surface area contributed by atoms with Crippen LogP contribution in [-0.4, -0.2) is 37.7 Å². The highest BCUT2D eigenvalue weighted by Crippen LogP contribution is 2.24. The molecule has 1 aromatic rings. The third-order valence-electron chi connectivity index (χ3n) is 3.47. The van der Waals surface area contributed by atoms with Crippen LogP contribution in [0, 0.1) is 0 Å². The second kappa shape index (κ2) is 9.45. The molecule has 0 atom stereocenters. The summed E-state index contributed by atoms with van der Waals surface area (Å²) in [5.74, 6) is -0.602. The molecule has 0 aliphatic carbocycles. The van der Waals surface area contributed by atoms with Gasteiger partial charge in [-0.2, -0.15) is 13.2 Å². The Morgan fingerprint density at radius 1 is 1.00 bits per heavy atom. The summed E-state index contributed by atoms with van der Waals surface area (Å²) in [6.45, 7) is 4.77. The van der Waals surface area contributed by atoms with E-state index in [4.69, 9.17) is 4.74 Å². The van der Waals surface area contributed by atoms with Crippen LogP contribution in [0.25, 0.3) is 0 Å². The lowest BCUT2D eigenvalue weighted by Crippen LogP contribution is -2.40. The molecule has 0 radical (unpaired) electrons. The molecular formula is C18H25F3N2O3. The van der Waals surface area contributed by atoms with Crippen LogP contribution in [0.4, 0.5) is 13.2 Å². The molecule has 1 rings (SSSR count). The predicted molar refractivity (Wildman–Crippen MR) is 91.9 cm³/mol. The van der Waals surface area contributed by atoms with E-state index in [1.165, 1.54) is 5.56 Å². The molecule has 2 amide bonds. The molecule has 0 bridgehead atoms. The van der Waals surface area contributed by atoms with E-state index in [0.717, 1.165) is 0 Å². The minimum absolute atomic E-state index is 0.0585. The topological polar surface area (TPSA) is 67.4 Å². The summed E-state index contributed by atoms with van der Waals surface area (Å²) in [7, 11) is 0. The SMILES string of the molecule is CC(C)(C)c1ccc(OCCCC(=O)NCC(=O)NCC(F)(F)F)cc1. The van der Waals surface area contributed by atoms with E-state index in [9.17, 15) is 22.8 Å². The summed E-state index contributed by atoms with van der Waals surface area (Å²) >= 11 is 0. The maximum atomic E-state index is 11.9. The number of carbonyl (C=O) groups is 2. The van der Waals surface area contributed by atoms with Gasteiger partial charge in [0.05, 0.1) is 13.2 Å². The number of amides is 2.